The lowest BCUT2D eigenvalue weighted by Gasteiger charge is -2.24. The lowest BCUT2D eigenvalue weighted by molar-refractivity contribution is -0.132. The van der Waals surface area contributed by atoms with Crippen molar-refractivity contribution in [3.05, 3.63) is 46.2 Å². The van der Waals surface area contributed by atoms with Gasteiger partial charge in [0.05, 0.1) is 23.6 Å². The highest BCUT2D eigenvalue weighted by molar-refractivity contribution is 7.09. The van der Waals surface area contributed by atoms with E-state index in [1.165, 1.54) is 4.88 Å². The third-order valence-electron chi connectivity index (χ3n) is 3.85. The molecule has 3 heterocycles. The summed E-state index contributed by atoms with van der Waals surface area (Å²) in [6.07, 6.45) is 6.99. The second kappa shape index (κ2) is 6.35. The van der Waals surface area contributed by atoms with E-state index in [0.29, 0.717) is 6.42 Å². The van der Waals surface area contributed by atoms with Crippen LogP contribution in [0.2, 0.25) is 0 Å². The van der Waals surface area contributed by atoms with Crippen LogP contribution in [0.3, 0.4) is 0 Å². The van der Waals surface area contributed by atoms with Crippen LogP contribution in [0, 0.1) is 6.92 Å². The van der Waals surface area contributed by atoms with E-state index in [4.69, 9.17) is 0 Å². The van der Waals surface area contributed by atoms with Gasteiger partial charge in [0, 0.05) is 24.0 Å². The average molecular weight is 301 g/mol. The molecule has 0 N–H and O–H groups in total. The second-order valence-electron chi connectivity index (χ2n) is 5.41. The first-order valence-electron chi connectivity index (χ1n) is 7.34. The number of aryl methyl sites for hydroxylation is 2. The monoisotopic (exact) mass is 301 g/mol. The van der Waals surface area contributed by atoms with Crippen LogP contribution < -0.4 is 0 Å². The molecule has 3 rings (SSSR count). The van der Waals surface area contributed by atoms with Gasteiger partial charge < -0.3 is 4.90 Å². The Morgan fingerprint density at radius 3 is 3.14 bits per heavy atom. The summed E-state index contributed by atoms with van der Waals surface area (Å²) in [5.41, 5.74) is 1.84. The van der Waals surface area contributed by atoms with Gasteiger partial charge in [0.2, 0.25) is 5.91 Å². The largest absolute Gasteiger partial charge is 0.334 e. The van der Waals surface area contributed by atoms with Gasteiger partial charge in [-0.05, 0) is 37.6 Å². The summed E-state index contributed by atoms with van der Waals surface area (Å²) in [6.45, 7) is 2.78. The summed E-state index contributed by atoms with van der Waals surface area (Å²) < 4.78 is 0. The van der Waals surface area contributed by atoms with Crippen molar-refractivity contribution in [2.45, 2.75) is 38.6 Å². The standard InChI is InChI=1S/C16H19N3OS/c1-12-10-17-11-14(18-12)15-5-2-8-19(15)16(20)7-6-13-4-3-9-21-13/h3-4,9-11,15H,2,5-8H2,1H3/t15-/m1/s1. The van der Waals surface area contributed by atoms with E-state index in [-0.39, 0.29) is 11.9 Å². The molecule has 1 aliphatic rings. The van der Waals surface area contributed by atoms with Crippen LogP contribution >= 0.6 is 11.3 Å². The molecule has 1 fully saturated rings. The minimum Gasteiger partial charge on any atom is -0.334 e. The maximum Gasteiger partial charge on any atom is 0.223 e. The molecule has 1 saturated heterocycles. The Morgan fingerprint density at radius 1 is 1.48 bits per heavy atom. The zero-order valence-corrected chi connectivity index (χ0v) is 13.0. The van der Waals surface area contributed by atoms with Crippen LogP contribution in [-0.2, 0) is 11.2 Å². The number of hydrogen-bond donors (Lipinski definition) is 0. The maximum absolute atomic E-state index is 12.5. The Bertz CT molecular complexity index is 612. The molecule has 4 nitrogen and oxygen atoms in total. The number of likely N-dealkylation sites (tertiary alicyclic amines) is 1. The molecule has 0 aromatic carbocycles. The van der Waals surface area contributed by atoms with Crippen molar-refractivity contribution in [1.82, 2.24) is 14.9 Å². The number of thiophene rings is 1. The highest BCUT2D eigenvalue weighted by Crippen LogP contribution is 2.31. The smallest absolute Gasteiger partial charge is 0.223 e. The first-order chi connectivity index (χ1) is 10.2. The average Bonchev–Trinajstić information content (AvgIpc) is 3.16. The van der Waals surface area contributed by atoms with Crippen molar-refractivity contribution in [2.24, 2.45) is 0 Å². The Kier molecular flexibility index (Phi) is 4.29. The maximum atomic E-state index is 12.5. The van der Waals surface area contributed by atoms with Gasteiger partial charge in [0.1, 0.15) is 0 Å². The summed E-state index contributed by atoms with van der Waals surface area (Å²) in [5.74, 6) is 0.231. The molecule has 1 atom stereocenters. The predicted octanol–water partition coefficient (Wildman–Crippen LogP) is 3.14. The van der Waals surface area contributed by atoms with E-state index in [2.05, 4.69) is 21.4 Å². The highest BCUT2D eigenvalue weighted by Gasteiger charge is 2.30. The zero-order chi connectivity index (χ0) is 14.7. The molecule has 2 aromatic rings. The molecule has 0 spiro atoms. The van der Waals surface area contributed by atoms with E-state index >= 15 is 0 Å². The van der Waals surface area contributed by atoms with Crippen LogP contribution in [-0.4, -0.2) is 27.3 Å². The predicted molar refractivity (Wildman–Crippen MR) is 83.1 cm³/mol. The fourth-order valence-corrected chi connectivity index (χ4v) is 3.55. The molecule has 5 heteroatoms. The van der Waals surface area contributed by atoms with E-state index in [1.807, 2.05) is 17.9 Å². The van der Waals surface area contributed by atoms with E-state index in [1.54, 1.807) is 23.7 Å². The van der Waals surface area contributed by atoms with Gasteiger partial charge in [-0.1, -0.05) is 6.07 Å². The highest BCUT2D eigenvalue weighted by atomic mass is 32.1. The van der Waals surface area contributed by atoms with Crippen LogP contribution in [0.15, 0.2) is 29.9 Å². The summed E-state index contributed by atoms with van der Waals surface area (Å²) in [7, 11) is 0. The number of carbonyl (C=O) groups excluding carboxylic acids is 1. The Hall–Kier alpha value is -1.75. The van der Waals surface area contributed by atoms with Crippen molar-refractivity contribution in [2.75, 3.05) is 6.54 Å². The minimum atomic E-state index is 0.105. The number of aromatic nitrogens is 2. The third kappa shape index (κ3) is 3.29. The summed E-state index contributed by atoms with van der Waals surface area (Å²) in [5, 5.41) is 2.06. The number of rotatable bonds is 4. The van der Waals surface area contributed by atoms with Gasteiger partial charge in [-0.3, -0.25) is 14.8 Å². The number of amides is 1. The van der Waals surface area contributed by atoms with Crippen molar-refractivity contribution < 1.29 is 4.79 Å². The SMILES string of the molecule is Cc1cncc([C@H]2CCCN2C(=O)CCc2cccs2)n1. The summed E-state index contributed by atoms with van der Waals surface area (Å²) in [6, 6.07) is 4.23. The molecular weight excluding hydrogens is 282 g/mol. The third-order valence-corrected chi connectivity index (χ3v) is 4.79. The molecule has 2 aromatic heterocycles. The fraction of sp³-hybridized carbons (Fsp3) is 0.438. The molecule has 1 amide bonds. The van der Waals surface area contributed by atoms with Crippen LogP contribution in [0.4, 0.5) is 0 Å². The number of carbonyl (C=O) groups is 1. The molecule has 0 aliphatic carbocycles. The minimum absolute atomic E-state index is 0.105. The molecule has 1 aliphatic heterocycles. The van der Waals surface area contributed by atoms with Gasteiger partial charge in [0.15, 0.2) is 0 Å². The lowest BCUT2D eigenvalue weighted by atomic mass is 10.1. The number of nitrogens with zero attached hydrogens (tertiary/aromatic N) is 3. The van der Waals surface area contributed by atoms with Crippen LogP contribution in [0.5, 0.6) is 0 Å². The number of hydrogen-bond acceptors (Lipinski definition) is 4. The summed E-state index contributed by atoms with van der Waals surface area (Å²) >= 11 is 1.71. The van der Waals surface area contributed by atoms with E-state index < -0.39 is 0 Å². The zero-order valence-electron chi connectivity index (χ0n) is 12.2. The molecule has 0 radical (unpaired) electrons. The molecule has 110 valence electrons. The molecule has 0 unspecified atom stereocenters. The van der Waals surface area contributed by atoms with Crippen molar-refractivity contribution in [3.8, 4) is 0 Å². The molecule has 21 heavy (non-hydrogen) atoms. The topological polar surface area (TPSA) is 46.1 Å². The van der Waals surface area contributed by atoms with Crippen molar-refractivity contribution in [3.63, 3.8) is 0 Å². The summed E-state index contributed by atoms with van der Waals surface area (Å²) in [4.78, 5) is 24.5. The Balaban J connectivity index is 1.67. The molecule has 0 bridgehead atoms. The fourth-order valence-electron chi connectivity index (χ4n) is 2.84. The van der Waals surface area contributed by atoms with Crippen molar-refractivity contribution in [1.29, 1.82) is 0 Å². The van der Waals surface area contributed by atoms with Gasteiger partial charge in [-0.25, -0.2) is 0 Å². The Labute approximate surface area is 128 Å². The lowest BCUT2D eigenvalue weighted by Crippen LogP contribution is -2.31. The van der Waals surface area contributed by atoms with Gasteiger partial charge >= 0.3 is 0 Å². The Morgan fingerprint density at radius 2 is 2.38 bits per heavy atom. The van der Waals surface area contributed by atoms with Crippen LogP contribution in [0.1, 0.15) is 41.6 Å². The second-order valence-corrected chi connectivity index (χ2v) is 6.44. The first kappa shape index (κ1) is 14.2. The van der Waals surface area contributed by atoms with Gasteiger partial charge in [-0.2, -0.15) is 0 Å². The molecule has 0 saturated carbocycles. The normalized spacial score (nSPS) is 18.1. The van der Waals surface area contributed by atoms with Crippen LogP contribution in [0.25, 0.3) is 0 Å². The quantitative estimate of drug-likeness (QED) is 0.871. The van der Waals surface area contributed by atoms with Gasteiger partial charge in [0.25, 0.3) is 0 Å². The van der Waals surface area contributed by atoms with Crippen molar-refractivity contribution >= 4 is 17.2 Å². The van der Waals surface area contributed by atoms with E-state index in [0.717, 1.165) is 37.2 Å². The van der Waals surface area contributed by atoms with Gasteiger partial charge in [-0.15, -0.1) is 11.3 Å². The molecular formula is C16H19N3OS. The first-order valence-corrected chi connectivity index (χ1v) is 8.22. The van der Waals surface area contributed by atoms with E-state index in [9.17, 15) is 4.79 Å².